The molecule has 0 amide bonds. The van der Waals surface area contributed by atoms with E-state index < -0.39 is 43.0 Å². The number of aliphatic hydroxyl groups is 3. The summed E-state index contributed by atoms with van der Waals surface area (Å²) in [5.74, 6) is -2.55. The van der Waals surface area contributed by atoms with Gasteiger partial charge >= 0.3 is 11.9 Å². The van der Waals surface area contributed by atoms with Crippen LogP contribution in [0.1, 0.15) is 5.56 Å². The molecule has 9 nitrogen and oxygen atoms in total. The van der Waals surface area contributed by atoms with Crippen molar-refractivity contribution in [2.24, 2.45) is 0 Å². The molecule has 1 aliphatic rings. The molecule has 0 bridgehead atoms. The summed E-state index contributed by atoms with van der Waals surface area (Å²) >= 11 is 0. The third kappa shape index (κ3) is 4.02. The van der Waals surface area contributed by atoms with Crippen molar-refractivity contribution in [2.75, 3.05) is 6.61 Å². The summed E-state index contributed by atoms with van der Waals surface area (Å²) in [5.41, 5.74) is 0.422. The molecule has 1 aromatic carbocycles. The zero-order valence-corrected chi connectivity index (χ0v) is 12.3. The Bertz CT molecular complexity index is 654. The maximum Gasteiger partial charge on any atom is 0.338 e. The summed E-state index contributed by atoms with van der Waals surface area (Å²) in [7, 11) is 0. The number of aromatic hydroxyl groups is 2. The number of carbonyl (C=O) groups is 2. The van der Waals surface area contributed by atoms with E-state index in [2.05, 4.69) is 4.74 Å². The summed E-state index contributed by atoms with van der Waals surface area (Å²) in [4.78, 5) is 22.6. The number of phenols is 2. The molecule has 1 fully saturated rings. The molecule has 4 atom stereocenters. The molecule has 1 heterocycles. The highest BCUT2D eigenvalue weighted by molar-refractivity contribution is 5.87. The Labute approximate surface area is 136 Å². The minimum Gasteiger partial charge on any atom is -0.504 e. The zero-order valence-electron chi connectivity index (χ0n) is 12.3. The molecule has 2 rings (SSSR count). The zero-order chi connectivity index (χ0) is 17.9. The van der Waals surface area contributed by atoms with E-state index in [9.17, 15) is 30.0 Å². The third-order valence-electron chi connectivity index (χ3n) is 3.34. The van der Waals surface area contributed by atoms with Gasteiger partial charge in [0.2, 0.25) is 0 Å². The van der Waals surface area contributed by atoms with Crippen LogP contribution < -0.4 is 0 Å². The SMILES string of the molecule is O=C(C=Cc1ccc(O)c(O)c1)OCC(O)C1OC(=O)C(O)C1O. The summed E-state index contributed by atoms with van der Waals surface area (Å²) in [5, 5.41) is 47.0. The van der Waals surface area contributed by atoms with Gasteiger partial charge in [-0.2, -0.15) is 0 Å². The number of ether oxygens (including phenoxy) is 2. The Morgan fingerprint density at radius 1 is 1.29 bits per heavy atom. The lowest BCUT2D eigenvalue weighted by atomic mass is 10.1. The number of esters is 2. The monoisotopic (exact) mass is 340 g/mol. The van der Waals surface area contributed by atoms with E-state index in [0.29, 0.717) is 5.56 Å². The molecule has 1 aromatic rings. The van der Waals surface area contributed by atoms with Gasteiger partial charge in [0.1, 0.15) is 18.8 Å². The van der Waals surface area contributed by atoms with Gasteiger partial charge in [-0.15, -0.1) is 0 Å². The number of hydrogen-bond acceptors (Lipinski definition) is 9. The molecule has 1 aliphatic heterocycles. The second-order valence-corrected chi connectivity index (χ2v) is 5.12. The second kappa shape index (κ2) is 7.30. The first-order valence-corrected chi connectivity index (χ1v) is 6.91. The molecular weight excluding hydrogens is 324 g/mol. The lowest BCUT2D eigenvalue weighted by molar-refractivity contribution is -0.154. The van der Waals surface area contributed by atoms with Crippen LogP contribution in [0.2, 0.25) is 0 Å². The Kier molecular flexibility index (Phi) is 5.39. The van der Waals surface area contributed by atoms with Gasteiger partial charge in [0.05, 0.1) is 0 Å². The minimum absolute atomic E-state index is 0.301. The number of carbonyl (C=O) groups excluding carboxylic acids is 2. The average molecular weight is 340 g/mol. The van der Waals surface area contributed by atoms with Crippen molar-refractivity contribution in [3.63, 3.8) is 0 Å². The molecule has 5 N–H and O–H groups in total. The van der Waals surface area contributed by atoms with E-state index in [4.69, 9.17) is 9.84 Å². The molecule has 0 aromatic heterocycles. The predicted octanol–water partition coefficient (Wildman–Crippen LogP) is -1.34. The van der Waals surface area contributed by atoms with Crippen LogP contribution in [0.5, 0.6) is 11.5 Å². The number of rotatable bonds is 5. The van der Waals surface area contributed by atoms with Crippen molar-refractivity contribution in [1.29, 1.82) is 0 Å². The molecule has 9 heteroatoms. The van der Waals surface area contributed by atoms with Crippen molar-refractivity contribution >= 4 is 18.0 Å². The van der Waals surface area contributed by atoms with Crippen LogP contribution in [0.3, 0.4) is 0 Å². The lowest BCUT2D eigenvalue weighted by Gasteiger charge is -2.19. The largest absolute Gasteiger partial charge is 0.504 e. The van der Waals surface area contributed by atoms with Crippen LogP contribution in [0.4, 0.5) is 0 Å². The molecule has 0 saturated carbocycles. The topological polar surface area (TPSA) is 154 Å². The highest BCUT2D eigenvalue weighted by atomic mass is 16.6. The first-order chi connectivity index (χ1) is 11.3. The number of cyclic esters (lactones) is 1. The fourth-order valence-corrected chi connectivity index (χ4v) is 2.02. The van der Waals surface area contributed by atoms with Crippen LogP contribution >= 0.6 is 0 Å². The normalized spacial score (nSPS) is 24.8. The highest BCUT2D eigenvalue weighted by Crippen LogP contribution is 2.25. The van der Waals surface area contributed by atoms with Crippen molar-refractivity contribution in [1.82, 2.24) is 0 Å². The number of benzene rings is 1. The molecule has 4 unspecified atom stereocenters. The number of phenolic OH excluding ortho intramolecular Hbond substituents is 2. The Hall–Kier alpha value is -2.62. The van der Waals surface area contributed by atoms with Crippen molar-refractivity contribution in [3.8, 4) is 11.5 Å². The van der Waals surface area contributed by atoms with E-state index in [1.807, 2.05) is 0 Å². The number of aliphatic hydroxyl groups excluding tert-OH is 3. The maximum atomic E-state index is 11.5. The van der Waals surface area contributed by atoms with E-state index in [-0.39, 0.29) is 11.5 Å². The van der Waals surface area contributed by atoms with Crippen LogP contribution in [0.25, 0.3) is 6.08 Å². The van der Waals surface area contributed by atoms with Crippen LogP contribution in [0, 0.1) is 0 Å². The first kappa shape index (κ1) is 17.7. The Balaban J connectivity index is 1.85. The van der Waals surface area contributed by atoms with Gasteiger partial charge in [-0.3, -0.25) is 0 Å². The fraction of sp³-hybridized carbons (Fsp3) is 0.333. The Morgan fingerprint density at radius 3 is 2.58 bits per heavy atom. The molecule has 24 heavy (non-hydrogen) atoms. The first-order valence-electron chi connectivity index (χ1n) is 6.91. The van der Waals surface area contributed by atoms with E-state index in [1.165, 1.54) is 24.3 Å². The lowest BCUT2D eigenvalue weighted by Crippen LogP contribution is -2.41. The molecule has 0 aliphatic carbocycles. The molecule has 0 radical (unpaired) electrons. The molecule has 1 saturated heterocycles. The van der Waals surface area contributed by atoms with Gasteiger partial charge in [-0.1, -0.05) is 6.07 Å². The van der Waals surface area contributed by atoms with E-state index in [1.54, 1.807) is 0 Å². The smallest absolute Gasteiger partial charge is 0.338 e. The van der Waals surface area contributed by atoms with Gasteiger partial charge < -0.3 is 35.0 Å². The Morgan fingerprint density at radius 2 is 2.00 bits per heavy atom. The minimum atomic E-state index is -1.75. The quantitative estimate of drug-likeness (QED) is 0.249. The van der Waals surface area contributed by atoms with Gasteiger partial charge in [0.15, 0.2) is 23.7 Å². The summed E-state index contributed by atoms with van der Waals surface area (Å²) in [6, 6.07) is 3.92. The van der Waals surface area contributed by atoms with Crippen LogP contribution in [-0.2, 0) is 19.1 Å². The molecular formula is C15H16O9. The number of hydrogen-bond donors (Lipinski definition) is 5. The van der Waals surface area contributed by atoms with Crippen LogP contribution in [-0.4, -0.2) is 68.5 Å². The van der Waals surface area contributed by atoms with E-state index >= 15 is 0 Å². The maximum absolute atomic E-state index is 11.5. The third-order valence-corrected chi connectivity index (χ3v) is 3.34. The highest BCUT2D eigenvalue weighted by Gasteiger charge is 2.46. The molecule has 130 valence electrons. The van der Waals surface area contributed by atoms with E-state index in [0.717, 1.165) is 6.08 Å². The summed E-state index contributed by atoms with van der Waals surface area (Å²) in [6.45, 7) is -0.564. The van der Waals surface area contributed by atoms with Gasteiger partial charge in [0, 0.05) is 6.08 Å². The standard InChI is InChI=1S/C15H16O9/c16-8-3-1-7(5-9(8)17)2-4-11(19)23-6-10(18)14-12(20)13(21)15(22)24-14/h1-5,10,12-14,16-18,20-21H,6H2. The van der Waals surface area contributed by atoms with Gasteiger partial charge in [0.25, 0.3) is 0 Å². The van der Waals surface area contributed by atoms with Gasteiger partial charge in [-0.05, 0) is 23.8 Å². The fourth-order valence-electron chi connectivity index (χ4n) is 2.02. The van der Waals surface area contributed by atoms with Crippen molar-refractivity contribution in [2.45, 2.75) is 24.4 Å². The van der Waals surface area contributed by atoms with Crippen molar-refractivity contribution in [3.05, 3.63) is 29.8 Å². The van der Waals surface area contributed by atoms with Gasteiger partial charge in [-0.25, -0.2) is 9.59 Å². The van der Waals surface area contributed by atoms with Crippen molar-refractivity contribution < 1.29 is 44.6 Å². The molecule has 0 spiro atoms. The average Bonchev–Trinajstić information content (AvgIpc) is 2.81. The summed E-state index contributed by atoms with van der Waals surface area (Å²) in [6.07, 6.45) is -3.93. The van der Waals surface area contributed by atoms with Crippen LogP contribution in [0.15, 0.2) is 24.3 Å². The second-order valence-electron chi connectivity index (χ2n) is 5.12. The summed E-state index contributed by atoms with van der Waals surface area (Å²) < 4.78 is 9.32. The predicted molar refractivity (Wildman–Crippen MR) is 77.7 cm³/mol.